The van der Waals surface area contributed by atoms with Crippen molar-refractivity contribution in [2.45, 2.75) is 6.54 Å². The van der Waals surface area contributed by atoms with Gasteiger partial charge in [0.2, 0.25) is 0 Å². The maximum absolute atomic E-state index is 8.39. The molecule has 0 aromatic carbocycles. The zero-order chi connectivity index (χ0) is 8.97. The van der Waals surface area contributed by atoms with Crippen molar-refractivity contribution in [2.24, 2.45) is 7.05 Å². The summed E-state index contributed by atoms with van der Waals surface area (Å²) >= 11 is 0. The van der Waals surface area contributed by atoms with Gasteiger partial charge in [0.1, 0.15) is 0 Å². The molecule has 0 unspecified atom stereocenters. The summed E-state index contributed by atoms with van der Waals surface area (Å²) in [5, 5.41) is 16.1. The molecule has 0 radical (unpaired) electrons. The maximum Gasteiger partial charge on any atom is 0.0967 e. The molecule has 1 aromatic heterocycles. The summed E-state index contributed by atoms with van der Waals surface area (Å²) < 4.78 is 1.65. The van der Waals surface area contributed by atoms with E-state index in [1.165, 1.54) is 0 Å². The zero-order valence-electron chi connectivity index (χ0n) is 7.23. The highest BCUT2D eigenvalue weighted by Crippen LogP contribution is 1.95. The zero-order valence-corrected chi connectivity index (χ0v) is 7.23. The number of hydrogen-bond donors (Lipinski definition) is 0. The van der Waals surface area contributed by atoms with Crippen LogP contribution in [-0.2, 0) is 13.6 Å². The van der Waals surface area contributed by atoms with Crippen LogP contribution in [0.4, 0.5) is 0 Å². The van der Waals surface area contributed by atoms with Crippen LogP contribution in [0.1, 0.15) is 5.69 Å². The molecule has 0 saturated carbocycles. The molecule has 5 nitrogen and oxygen atoms in total. The van der Waals surface area contributed by atoms with E-state index >= 15 is 0 Å². The highest BCUT2D eigenvalue weighted by atomic mass is 15.4. The van der Waals surface area contributed by atoms with Crippen molar-refractivity contribution < 1.29 is 0 Å². The van der Waals surface area contributed by atoms with E-state index in [0.29, 0.717) is 13.1 Å². The Kier molecular flexibility index (Phi) is 2.77. The summed E-state index contributed by atoms with van der Waals surface area (Å²) in [6.07, 6.45) is 1.84. The number of nitriles is 1. The smallest absolute Gasteiger partial charge is 0.0967 e. The van der Waals surface area contributed by atoms with Gasteiger partial charge in [0.25, 0.3) is 0 Å². The van der Waals surface area contributed by atoms with Crippen LogP contribution in [0.3, 0.4) is 0 Å². The van der Waals surface area contributed by atoms with Crippen LogP contribution in [-0.4, -0.2) is 33.5 Å². The normalized spacial score (nSPS) is 10.2. The number of hydrogen-bond acceptors (Lipinski definition) is 4. The van der Waals surface area contributed by atoms with Crippen LogP contribution < -0.4 is 0 Å². The first-order chi connectivity index (χ1) is 5.72. The summed E-state index contributed by atoms with van der Waals surface area (Å²) in [5.74, 6) is 0. The van der Waals surface area contributed by atoms with Crippen molar-refractivity contribution in [3.8, 4) is 6.07 Å². The highest BCUT2D eigenvalue weighted by Gasteiger charge is 2.01. The van der Waals surface area contributed by atoms with Gasteiger partial charge in [-0.1, -0.05) is 5.21 Å². The van der Waals surface area contributed by atoms with Gasteiger partial charge in [0, 0.05) is 19.8 Å². The number of aromatic nitrogens is 3. The van der Waals surface area contributed by atoms with Gasteiger partial charge in [-0.3, -0.25) is 9.58 Å². The van der Waals surface area contributed by atoms with Gasteiger partial charge in [-0.15, -0.1) is 5.10 Å². The molecule has 64 valence electrons. The predicted octanol–water partition coefficient (Wildman–Crippen LogP) is -0.230. The Morgan fingerprint density at radius 2 is 2.50 bits per heavy atom. The fourth-order valence-electron chi connectivity index (χ4n) is 0.921. The minimum absolute atomic E-state index is 0.413. The van der Waals surface area contributed by atoms with E-state index in [-0.39, 0.29) is 0 Å². The van der Waals surface area contributed by atoms with Gasteiger partial charge in [-0.05, 0) is 7.05 Å². The third kappa shape index (κ3) is 2.32. The second-order valence-electron chi connectivity index (χ2n) is 2.71. The molecule has 12 heavy (non-hydrogen) atoms. The van der Waals surface area contributed by atoms with Crippen LogP contribution in [0.2, 0.25) is 0 Å². The van der Waals surface area contributed by atoms with Gasteiger partial charge in [-0.2, -0.15) is 5.26 Å². The minimum atomic E-state index is 0.413. The molecule has 1 heterocycles. The van der Waals surface area contributed by atoms with E-state index < -0.39 is 0 Å². The van der Waals surface area contributed by atoms with E-state index in [1.807, 2.05) is 25.2 Å². The summed E-state index contributed by atoms with van der Waals surface area (Å²) in [6.45, 7) is 1.08. The van der Waals surface area contributed by atoms with Crippen LogP contribution in [0.25, 0.3) is 0 Å². The van der Waals surface area contributed by atoms with Gasteiger partial charge < -0.3 is 0 Å². The molecule has 0 aliphatic carbocycles. The lowest BCUT2D eigenvalue weighted by atomic mass is 10.4. The average molecular weight is 165 g/mol. The number of nitrogens with zero attached hydrogens (tertiary/aromatic N) is 5. The van der Waals surface area contributed by atoms with Gasteiger partial charge >= 0.3 is 0 Å². The molecule has 0 bridgehead atoms. The largest absolute Gasteiger partial charge is 0.288 e. The molecule has 0 aliphatic rings. The van der Waals surface area contributed by atoms with Crippen LogP contribution in [0.5, 0.6) is 0 Å². The summed E-state index contributed by atoms with van der Waals surface area (Å²) in [5.41, 5.74) is 0.884. The topological polar surface area (TPSA) is 57.7 Å². The number of aryl methyl sites for hydroxylation is 1. The molecule has 1 aromatic rings. The molecule has 0 saturated heterocycles. The Morgan fingerprint density at radius 1 is 1.75 bits per heavy atom. The first kappa shape index (κ1) is 8.68. The maximum atomic E-state index is 8.39. The Hall–Kier alpha value is -1.41. The van der Waals surface area contributed by atoms with Gasteiger partial charge in [0.05, 0.1) is 18.3 Å². The molecule has 0 aliphatic heterocycles. The van der Waals surface area contributed by atoms with E-state index in [9.17, 15) is 0 Å². The molecule has 5 heteroatoms. The summed E-state index contributed by atoms with van der Waals surface area (Å²) in [7, 11) is 3.69. The second kappa shape index (κ2) is 3.83. The molecular weight excluding hydrogens is 154 g/mol. The van der Waals surface area contributed by atoms with E-state index in [4.69, 9.17) is 5.26 Å². The van der Waals surface area contributed by atoms with Crippen molar-refractivity contribution >= 4 is 0 Å². The monoisotopic (exact) mass is 165 g/mol. The summed E-state index contributed by atoms with van der Waals surface area (Å²) in [4.78, 5) is 1.88. The first-order valence-electron chi connectivity index (χ1n) is 3.63. The lowest BCUT2D eigenvalue weighted by Crippen LogP contribution is -2.17. The van der Waals surface area contributed by atoms with E-state index in [0.717, 1.165) is 5.69 Å². The van der Waals surface area contributed by atoms with Crippen LogP contribution >= 0.6 is 0 Å². The fraction of sp³-hybridized carbons (Fsp3) is 0.571. The Morgan fingerprint density at radius 3 is 3.00 bits per heavy atom. The van der Waals surface area contributed by atoms with Crippen molar-refractivity contribution in [2.75, 3.05) is 13.6 Å². The first-order valence-corrected chi connectivity index (χ1v) is 3.63. The van der Waals surface area contributed by atoms with E-state index in [1.54, 1.807) is 4.68 Å². The molecule has 1 rings (SSSR count). The third-order valence-electron chi connectivity index (χ3n) is 1.42. The molecule has 0 fully saturated rings. The molecular formula is C7H11N5. The van der Waals surface area contributed by atoms with Gasteiger partial charge in [-0.25, -0.2) is 0 Å². The standard InChI is InChI=1S/C7H11N5/c1-11(4-3-8)5-7-6-12(2)10-9-7/h6H,4-5H2,1-2H3. The Labute approximate surface area is 71.2 Å². The van der Waals surface area contributed by atoms with Crippen LogP contribution in [0.15, 0.2) is 6.20 Å². The molecule has 0 N–H and O–H groups in total. The predicted molar refractivity (Wildman–Crippen MR) is 43.0 cm³/mol. The van der Waals surface area contributed by atoms with Crippen molar-refractivity contribution in [1.29, 1.82) is 5.26 Å². The minimum Gasteiger partial charge on any atom is -0.288 e. The van der Waals surface area contributed by atoms with Crippen LogP contribution in [0, 0.1) is 11.3 Å². The lowest BCUT2D eigenvalue weighted by molar-refractivity contribution is 0.362. The molecule has 0 atom stereocenters. The Balaban J connectivity index is 2.47. The van der Waals surface area contributed by atoms with Crippen molar-refractivity contribution in [3.05, 3.63) is 11.9 Å². The highest BCUT2D eigenvalue weighted by molar-refractivity contribution is 4.92. The van der Waals surface area contributed by atoms with Gasteiger partial charge in [0.15, 0.2) is 0 Å². The second-order valence-corrected chi connectivity index (χ2v) is 2.71. The van der Waals surface area contributed by atoms with Crippen molar-refractivity contribution in [3.63, 3.8) is 0 Å². The average Bonchev–Trinajstić information content (AvgIpc) is 2.36. The van der Waals surface area contributed by atoms with Crippen molar-refractivity contribution in [1.82, 2.24) is 19.9 Å². The molecule has 0 spiro atoms. The third-order valence-corrected chi connectivity index (χ3v) is 1.42. The quantitative estimate of drug-likeness (QED) is 0.580. The lowest BCUT2D eigenvalue weighted by Gasteiger charge is -2.08. The SMILES string of the molecule is CN(CC#N)Cc1cn(C)nn1. The Bertz CT molecular complexity index is 284. The van der Waals surface area contributed by atoms with E-state index in [2.05, 4.69) is 16.4 Å². The fourth-order valence-corrected chi connectivity index (χ4v) is 0.921. The molecule has 0 amide bonds. The number of rotatable bonds is 3. The summed E-state index contributed by atoms with van der Waals surface area (Å²) in [6, 6.07) is 2.07.